The molecule has 4 heterocycles. The second-order valence-electron chi connectivity index (χ2n) is 13.5. The molecule has 54 heavy (non-hydrogen) atoms. The number of pyridine rings is 1. The Kier molecular flexibility index (Phi) is 6.75. The number of fused-ring (bicyclic) bond motifs is 8. The Hall–Kier alpha value is -7.44. The highest BCUT2D eigenvalue weighted by atomic mass is 15.1. The van der Waals surface area contributed by atoms with E-state index in [-0.39, 0.29) is 0 Å². The molecule has 0 N–H and O–H groups in total. The molecule has 0 unspecified atom stereocenters. The molecule has 0 aliphatic carbocycles. The smallest absolute Gasteiger partial charge is 0.165 e. The largest absolute Gasteiger partial charge is 0.309 e. The monoisotopic (exact) mass is 690 g/mol. The Balaban J connectivity index is 1.13. The van der Waals surface area contributed by atoms with E-state index in [1.165, 1.54) is 37.8 Å². The van der Waals surface area contributed by atoms with Crippen molar-refractivity contribution >= 4 is 54.4 Å². The lowest BCUT2D eigenvalue weighted by Gasteiger charge is -2.11. The maximum Gasteiger partial charge on any atom is 0.165 e. The number of para-hydroxylation sites is 2. The van der Waals surface area contributed by atoms with Gasteiger partial charge in [0.05, 0.1) is 22.1 Å². The molecule has 0 bridgehead atoms. The van der Waals surface area contributed by atoms with Crippen LogP contribution in [0.1, 0.15) is 0 Å². The molecule has 0 fully saturated rings. The first-order valence-electron chi connectivity index (χ1n) is 18.1. The summed E-state index contributed by atoms with van der Waals surface area (Å²) < 4.78 is 4.67. The van der Waals surface area contributed by atoms with Gasteiger partial charge in [0.1, 0.15) is 5.82 Å². The number of rotatable bonds is 5. The molecule has 0 saturated carbocycles. The fourth-order valence-corrected chi connectivity index (χ4v) is 7.94. The summed E-state index contributed by atoms with van der Waals surface area (Å²) in [6.45, 7) is 0. The van der Waals surface area contributed by atoms with E-state index in [1.54, 1.807) is 0 Å². The highest BCUT2D eigenvalue weighted by molar-refractivity contribution is 6.25. The van der Waals surface area contributed by atoms with Gasteiger partial charge in [-0.3, -0.25) is 4.57 Å². The van der Waals surface area contributed by atoms with Gasteiger partial charge in [-0.05, 0) is 59.3 Å². The fraction of sp³-hybridized carbons (Fsp3) is 0. The van der Waals surface area contributed by atoms with Crippen molar-refractivity contribution in [1.82, 2.24) is 29.1 Å². The summed E-state index contributed by atoms with van der Waals surface area (Å²) in [4.78, 5) is 19.8. The number of aromatic nitrogens is 6. The third kappa shape index (κ3) is 4.74. The lowest BCUT2D eigenvalue weighted by atomic mass is 10.0. The fourth-order valence-electron chi connectivity index (χ4n) is 7.94. The van der Waals surface area contributed by atoms with Crippen molar-refractivity contribution in [3.05, 3.63) is 182 Å². The van der Waals surface area contributed by atoms with Gasteiger partial charge >= 0.3 is 0 Å². The van der Waals surface area contributed by atoms with E-state index < -0.39 is 0 Å². The Morgan fingerprint density at radius 1 is 0.352 bits per heavy atom. The molecule has 4 aromatic heterocycles. The molecule has 6 nitrogen and oxygen atoms in total. The number of benzene rings is 7. The van der Waals surface area contributed by atoms with E-state index in [1.807, 2.05) is 66.9 Å². The molecule has 0 amide bonds. The minimum atomic E-state index is 0.574. The number of nitrogens with zero attached hydrogens (tertiary/aromatic N) is 6. The quantitative estimate of drug-likeness (QED) is 0.180. The van der Waals surface area contributed by atoms with Gasteiger partial charge in [-0.25, -0.2) is 19.9 Å². The van der Waals surface area contributed by atoms with Gasteiger partial charge in [-0.15, -0.1) is 0 Å². The maximum atomic E-state index is 5.10. The molecule has 11 rings (SSSR count). The van der Waals surface area contributed by atoms with Gasteiger partial charge in [0.25, 0.3) is 0 Å². The minimum absolute atomic E-state index is 0.574. The molecular weight excluding hydrogens is 661 g/mol. The zero-order valence-corrected chi connectivity index (χ0v) is 29.0. The average Bonchev–Trinajstić information content (AvgIpc) is 3.76. The van der Waals surface area contributed by atoms with Crippen molar-refractivity contribution in [1.29, 1.82) is 0 Å². The second kappa shape index (κ2) is 12.1. The normalized spacial score (nSPS) is 11.7. The zero-order valence-electron chi connectivity index (χ0n) is 29.0. The molecule has 0 radical (unpaired) electrons. The van der Waals surface area contributed by atoms with Crippen LogP contribution in [0, 0.1) is 0 Å². The van der Waals surface area contributed by atoms with Gasteiger partial charge in [-0.1, -0.05) is 127 Å². The molecule has 6 heteroatoms. The SMILES string of the molecule is c1ccc(-c2nc(-c3ccccc3)nc(-c3ccc(-n4c5ccccc5c5cc6c7c8ccccc8ccc7n(-c7ccccc7)c6cc54)nc3)n2)cc1. The van der Waals surface area contributed by atoms with Crippen LogP contribution >= 0.6 is 0 Å². The Morgan fingerprint density at radius 2 is 0.944 bits per heavy atom. The van der Waals surface area contributed by atoms with Gasteiger partial charge in [0, 0.05) is 50.1 Å². The van der Waals surface area contributed by atoms with Crippen LogP contribution in [0.15, 0.2) is 182 Å². The summed E-state index contributed by atoms with van der Waals surface area (Å²) in [7, 11) is 0. The molecule has 0 spiro atoms. The van der Waals surface area contributed by atoms with E-state index in [2.05, 4.69) is 124 Å². The van der Waals surface area contributed by atoms with E-state index in [0.29, 0.717) is 17.5 Å². The maximum absolute atomic E-state index is 5.10. The van der Waals surface area contributed by atoms with E-state index in [0.717, 1.165) is 44.7 Å². The first kappa shape index (κ1) is 30.2. The van der Waals surface area contributed by atoms with Crippen molar-refractivity contribution in [3.63, 3.8) is 0 Å². The standard InChI is InChI=1S/C48H30N6/c1-4-15-32(16-5-1)46-50-47(33-17-6-2-7-18-33)52-48(51-46)34-25-27-44(49-30-34)54-40-23-13-12-22-37(40)38-28-39-43(29-42(38)54)53(35-19-8-3-9-20-35)41-26-24-31-14-10-11-21-36(31)45(39)41/h1-30H. The van der Waals surface area contributed by atoms with E-state index >= 15 is 0 Å². The van der Waals surface area contributed by atoms with Gasteiger partial charge in [-0.2, -0.15) is 0 Å². The second-order valence-corrected chi connectivity index (χ2v) is 13.5. The van der Waals surface area contributed by atoms with E-state index in [9.17, 15) is 0 Å². The van der Waals surface area contributed by atoms with Gasteiger partial charge in [0.15, 0.2) is 17.5 Å². The van der Waals surface area contributed by atoms with Gasteiger partial charge in [0.2, 0.25) is 0 Å². The molecular formula is C48H30N6. The average molecular weight is 691 g/mol. The zero-order chi connectivity index (χ0) is 35.6. The van der Waals surface area contributed by atoms with Crippen molar-refractivity contribution < 1.29 is 0 Å². The van der Waals surface area contributed by atoms with Crippen molar-refractivity contribution in [2.75, 3.05) is 0 Å². The van der Waals surface area contributed by atoms with Crippen LogP contribution in [-0.2, 0) is 0 Å². The predicted molar refractivity (Wildman–Crippen MR) is 220 cm³/mol. The lowest BCUT2D eigenvalue weighted by Crippen LogP contribution is -2.01. The van der Waals surface area contributed by atoms with Crippen LogP contribution in [0.25, 0.3) is 100 Å². The summed E-state index contributed by atoms with van der Waals surface area (Å²) in [6, 6.07) is 61.3. The van der Waals surface area contributed by atoms with Crippen LogP contribution in [-0.4, -0.2) is 29.1 Å². The first-order chi connectivity index (χ1) is 26.8. The third-order valence-corrected chi connectivity index (χ3v) is 10.4. The molecule has 7 aromatic carbocycles. The minimum Gasteiger partial charge on any atom is -0.309 e. The summed E-state index contributed by atoms with van der Waals surface area (Å²) in [6.07, 6.45) is 1.88. The Bertz CT molecular complexity index is 3130. The van der Waals surface area contributed by atoms with Crippen LogP contribution in [0.2, 0.25) is 0 Å². The lowest BCUT2D eigenvalue weighted by molar-refractivity contribution is 1.05. The van der Waals surface area contributed by atoms with Crippen LogP contribution in [0.4, 0.5) is 0 Å². The molecule has 0 atom stereocenters. The first-order valence-corrected chi connectivity index (χ1v) is 18.1. The Morgan fingerprint density at radius 3 is 1.63 bits per heavy atom. The van der Waals surface area contributed by atoms with Crippen molar-refractivity contribution in [2.45, 2.75) is 0 Å². The van der Waals surface area contributed by atoms with E-state index in [4.69, 9.17) is 19.9 Å². The molecule has 0 aliphatic rings. The van der Waals surface area contributed by atoms with Crippen molar-refractivity contribution in [2.24, 2.45) is 0 Å². The molecule has 0 aliphatic heterocycles. The topological polar surface area (TPSA) is 61.4 Å². The molecule has 11 aromatic rings. The van der Waals surface area contributed by atoms with Gasteiger partial charge < -0.3 is 4.57 Å². The summed E-state index contributed by atoms with van der Waals surface area (Å²) in [5.74, 6) is 2.64. The van der Waals surface area contributed by atoms with Crippen LogP contribution < -0.4 is 0 Å². The summed E-state index contributed by atoms with van der Waals surface area (Å²) in [5, 5.41) is 7.33. The van der Waals surface area contributed by atoms with Crippen molar-refractivity contribution in [3.8, 4) is 45.7 Å². The summed E-state index contributed by atoms with van der Waals surface area (Å²) >= 11 is 0. The molecule has 0 saturated heterocycles. The number of hydrogen-bond donors (Lipinski definition) is 0. The molecule has 252 valence electrons. The van der Waals surface area contributed by atoms with Crippen LogP contribution in [0.3, 0.4) is 0 Å². The highest BCUT2D eigenvalue weighted by Gasteiger charge is 2.20. The Labute approximate surface area is 310 Å². The third-order valence-electron chi connectivity index (χ3n) is 10.4. The predicted octanol–water partition coefficient (Wildman–Crippen LogP) is 11.6. The highest BCUT2D eigenvalue weighted by Crippen LogP contribution is 2.41. The van der Waals surface area contributed by atoms with Crippen LogP contribution in [0.5, 0.6) is 0 Å². The number of hydrogen-bond acceptors (Lipinski definition) is 4. The summed E-state index contributed by atoms with van der Waals surface area (Å²) in [5.41, 5.74) is 8.32.